The van der Waals surface area contributed by atoms with E-state index in [0.717, 1.165) is 0 Å². The minimum Gasteiger partial charge on any atom is -0.454 e. The SMILES string of the molecule is CC1C=CCC2C(=O)N(c3cccc(C(=O)OCC(=O)C(C)(C)C)c3)C(=O)C12. The summed E-state index contributed by atoms with van der Waals surface area (Å²) in [5, 5.41) is 0. The number of hydrogen-bond acceptors (Lipinski definition) is 5. The number of carbonyl (C=O) groups is 4. The monoisotopic (exact) mass is 383 g/mol. The highest BCUT2D eigenvalue weighted by atomic mass is 16.5. The standard InChI is InChI=1S/C22H25NO5/c1-13-7-5-10-16-18(13)20(26)23(19(16)25)15-9-6-8-14(11-15)21(27)28-12-17(24)22(2,3)4/h5-9,11,13,16,18H,10,12H2,1-4H3. The molecule has 1 fully saturated rings. The predicted octanol–water partition coefficient (Wildman–Crippen LogP) is 3.16. The van der Waals surface area contributed by atoms with Crippen molar-refractivity contribution < 1.29 is 23.9 Å². The summed E-state index contributed by atoms with van der Waals surface area (Å²) < 4.78 is 5.11. The third-order valence-electron chi connectivity index (χ3n) is 5.38. The molecular weight excluding hydrogens is 358 g/mol. The molecule has 1 saturated heterocycles. The molecule has 0 radical (unpaired) electrons. The minimum absolute atomic E-state index is 0.00300. The first-order chi connectivity index (χ1) is 13.1. The Hall–Kier alpha value is -2.76. The Kier molecular flexibility index (Phi) is 5.24. The zero-order chi connectivity index (χ0) is 20.6. The van der Waals surface area contributed by atoms with Gasteiger partial charge in [0.05, 0.1) is 23.1 Å². The second kappa shape index (κ2) is 7.34. The molecule has 2 aliphatic rings. The van der Waals surface area contributed by atoms with Gasteiger partial charge in [-0.2, -0.15) is 0 Å². The molecule has 0 N–H and O–H groups in total. The molecule has 1 aliphatic heterocycles. The largest absolute Gasteiger partial charge is 0.454 e. The van der Waals surface area contributed by atoms with Crippen LogP contribution in [0.2, 0.25) is 0 Å². The van der Waals surface area contributed by atoms with Gasteiger partial charge in [0.25, 0.3) is 0 Å². The van der Waals surface area contributed by atoms with E-state index < -0.39 is 11.4 Å². The maximum Gasteiger partial charge on any atom is 0.338 e. The molecule has 1 aliphatic carbocycles. The van der Waals surface area contributed by atoms with Crippen LogP contribution >= 0.6 is 0 Å². The number of ketones is 1. The number of benzene rings is 1. The lowest BCUT2D eigenvalue weighted by Gasteiger charge is -2.22. The number of hydrogen-bond donors (Lipinski definition) is 0. The number of Topliss-reactive ketones (excluding diaryl/α,β-unsaturated/α-hetero) is 1. The van der Waals surface area contributed by atoms with Gasteiger partial charge in [0.1, 0.15) is 0 Å². The van der Waals surface area contributed by atoms with E-state index in [-0.39, 0.29) is 47.5 Å². The fraction of sp³-hybridized carbons (Fsp3) is 0.455. The normalized spacial score (nSPS) is 24.3. The minimum atomic E-state index is -0.661. The van der Waals surface area contributed by atoms with Crippen molar-refractivity contribution in [2.24, 2.45) is 23.2 Å². The Morgan fingerprint density at radius 1 is 1.18 bits per heavy atom. The van der Waals surface area contributed by atoms with Gasteiger partial charge in [-0.15, -0.1) is 0 Å². The number of ether oxygens (including phenoxy) is 1. The number of imide groups is 1. The summed E-state index contributed by atoms with van der Waals surface area (Å²) in [5.74, 6) is -2.04. The van der Waals surface area contributed by atoms with E-state index in [1.807, 2.05) is 19.1 Å². The van der Waals surface area contributed by atoms with Crippen molar-refractivity contribution >= 4 is 29.3 Å². The molecular formula is C22H25NO5. The van der Waals surface area contributed by atoms with E-state index in [0.29, 0.717) is 12.1 Å². The molecule has 3 unspecified atom stereocenters. The fourth-order valence-electron chi connectivity index (χ4n) is 3.60. The number of allylic oxidation sites excluding steroid dienone is 2. The number of amides is 2. The lowest BCUT2D eigenvalue weighted by atomic mass is 9.78. The van der Waals surface area contributed by atoms with Crippen LogP contribution in [0.5, 0.6) is 0 Å². The van der Waals surface area contributed by atoms with Gasteiger partial charge >= 0.3 is 5.97 Å². The maximum atomic E-state index is 12.9. The molecule has 0 spiro atoms. The molecule has 2 amide bonds. The Balaban J connectivity index is 1.78. The van der Waals surface area contributed by atoms with Crippen LogP contribution in [0.15, 0.2) is 36.4 Å². The van der Waals surface area contributed by atoms with E-state index in [1.165, 1.54) is 17.0 Å². The van der Waals surface area contributed by atoms with E-state index >= 15 is 0 Å². The van der Waals surface area contributed by atoms with Crippen LogP contribution in [0, 0.1) is 23.2 Å². The Morgan fingerprint density at radius 3 is 2.54 bits per heavy atom. The van der Waals surface area contributed by atoms with Crippen LogP contribution in [0.4, 0.5) is 5.69 Å². The predicted molar refractivity (Wildman–Crippen MR) is 104 cm³/mol. The molecule has 3 rings (SSSR count). The van der Waals surface area contributed by atoms with Gasteiger partial charge in [0, 0.05) is 5.41 Å². The zero-order valence-corrected chi connectivity index (χ0v) is 16.6. The smallest absolute Gasteiger partial charge is 0.338 e. The van der Waals surface area contributed by atoms with Gasteiger partial charge in [0.15, 0.2) is 12.4 Å². The van der Waals surface area contributed by atoms with E-state index in [2.05, 4.69) is 0 Å². The summed E-state index contributed by atoms with van der Waals surface area (Å²) in [7, 11) is 0. The second-order valence-corrected chi connectivity index (χ2v) is 8.47. The summed E-state index contributed by atoms with van der Waals surface area (Å²) >= 11 is 0. The molecule has 0 bridgehead atoms. The summed E-state index contributed by atoms with van der Waals surface area (Å²) in [5.41, 5.74) is -0.0496. The molecule has 1 aromatic rings. The number of fused-ring (bicyclic) bond motifs is 1. The van der Waals surface area contributed by atoms with Crippen molar-refractivity contribution in [3.05, 3.63) is 42.0 Å². The summed E-state index contributed by atoms with van der Waals surface area (Å²) in [6.07, 6.45) is 4.46. The van der Waals surface area contributed by atoms with Gasteiger partial charge in [0.2, 0.25) is 11.8 Å². The molecule has 6 heteroatoms. The number of esters is 1. The van der Waals surface area contributed by atoms with Crippen molar-refractivity contribution in [2.45, 2.75) is 34.1 Å². The summed E-state index contributed by atoms with van der Waals surface area (Å²) in [6.45, 7) is 6.88. The molecule has 3 atom stereocenters. The number of nitrogens with zero attached hydrogens (tertiary/aromatic N) is 1. The van der Waals surface area contributed by atoms with E-state index in [4.69, 9.17) is 4.74 Å². The van der Waals surface area contributed by atoms with Gasteiger partial charge in [-0.1, -0.05) is 45.9 Å². The zero-order valence-electron chi connectivity index (χ0n) is 16.6. The van der Waals surface area contributed by atoms with Crippen molar-refractivity contribution in [2.75, 3.05) is 11.5 Å². The number of rotatable bonds is 4. The highest BCUT2D eigenvalue weighted by Gasteiger charge is 2.50. The van der Waals surface area contributed by atoms with E-state index in [1.54, 1.807) is 32.9 Å². The third-order valence-corrected chi connectivity index (χ3v) is 5.38. The third kappa shape index (κ3) is 3.63. The van der Waals surface area contributed by atoms with Crippen LogP contribution in [0.1, 0.15) is 44.5 Å². The Bertz CT molecular complexity index is 864. The molecule has 148 valence electrons. The van der Waals surface area contributed by atoms with Crippen LogP contribution in [-0.2, 0) is 19.1 Å². The average Bonchev–Trinajstić information content (AvgIpc) is 2.90. The average molecular weight is 383 g/mol. The van der Waals surface area contributed by atoms with Crippen molar-refractivity contribution in [1.82, 2.24) is 0 Å². The van der Waals surface area contributed by atoms with Crippen LogP contribution < -0.4 is 4.90 Å². The van der Waals surface area contributed by atoms with Crippen LogP contribution in [0.25, 0.3) is 0 Å². The topological polar surface area (TPSA) is 80.8 Å². The Labute approximate surface area is 164 Å². The summed E-state index contributed by atoms with van der Waals surface area (Å²) in [6, 6.07) is 6.23. The lowest BCUT2D eigenvalue weighted by Crippen LogP contribution is -2.31. The number of carbonyl (C=O) groups excluding carboxylic acids is 4. The maximum absolute atomic E-state index is 12.9. The highest BCUT2D eigenvalue weighted by molar-refractivity contribution is 6.22. The van der Waals surface area contributed by atoms with Crippen molar-refractivity contribution in [1.29, 1.82) is 0 Å². The van der Waals surface area contributed by atoms with Gasteiger partial charge < -0.3 is 4.74 Å². The quantitative estimate of drug-likeness (QED) is 0.453. The molecule has 0 aromatic heterocycles. The molecule has 28 heavy (non-hydrogen) atoms. The first kappa shape index (κ1) is 20.0. The van der Waals surface area contributed by atoms with Crippen LogP contribution in [-0.4, -0.2) is 30.2 Å². The fourth-order valence-corrected chi connectivity index (χ4v) is 3.60. The second-order valence-electron chi connectivity index (χ2n) is 8.47. The van der Waals surface area contributed by atoms with Gasteiger partial charge in [-0.05, 0) is 30.5 Å². The molecule has 1 heterocycles. The molecule has 0 saturated carbocycles. The summed E-state index contributed by atoms with van der Waals surface area (Å²) in [4.78, 5) is 51.2. The van der Waals surface area contributed by atoms with Gasteiger partial charge in [-0.25, -0.2) is 4.79 Å². The van der Waals surface area contributed by atoms with Crippen molar-refractivity contribution in [3.63, 3.8) is 0 Å². The first-order valence-corrected chi connectivity index (χ1v) is 9.46. The van der Waals surface area contributed by atoms with Crippen molar-refractivity contribution in [3.8, 4) is 0 Å². The highest BCUT2D eigenvalue weighted by Crippen LogP contribution is 2.40. The Morgan fingerprint density at radius 2 is 1.89 bits per heavy atom. The number of anilines is 1. The van der Waals surface area contributed by atoms with E-state index in [9.17, 15) is 19.2 Å². The van der Waals surface area contributed by atoms with Gasteiger partial charge in [-0.3, -0.25) is 19.3 Å². The lowest BCUT2D eigenvalue weighted by molar-refractivity contribution is -0.129. The first-order valence-electron chi connectivity index (χ1n) is 9.46. The molecule has 1 aromatic carbocycles. The van der Waals surface area contributed by atoms with Crippen LogP contribution in [0.3, 0.4) is 0 Å². The molecule has 6 nitrogen and oxygen atoms in total.